The fourth-order valence-corrected chi connectivity index (χ4v) is 4.88. The Balaban J connectivity index is 1.36. The standard InChI is InChI=1S/C19H29N3O3S/c23-17(6-3-9-20-18(24)16-5-4-12-25-16)21-15-19(7-1-2-8-19)22-10-13-26-14-11-22/h4-5,12H,1-3,6-11,13-15H2,(H,20,24)(H,21,23). The number of furan rings is 1. The van der Waals surface area contributed by atoms with Gasteiger partial charge in [0.2, 0.25) is 5.91 Å². The molecule has 2 amide bonds. The van der Waals surface area contributed by atoms with Gasteiger partial charge in [-0.2, -0.15) is 11.8 Å². The Bertz CT molecular complexity index is 579. The number of thioether (sulfide) groups is 1. The van der Waals surface area contributed by atoms with Gasteiger partial charge in [-0.15, -0.1) is 0 Å². The predicted molar refractivity (Wildman–Crippen MR) is 103 cm³/mol. The molecule has 0 radical (unpaired) electrons. The lowest BCUT2D eigenvalue weighted by Gasteiger charge is -2.43. The van der Waals surface area contributed by atoms with Gasteiger partial charge in [-0.25, -0.2) is 0 Å². The molecule has 2 N–H and O–H groups in total. The third kappa shape index (κ3) is 5.04. The average Bonchev–Trinajstić information content (AvgIpc) is 3.37. The lowest BCUT2D eigenvalue weighted by atomic mass is 9.94. The molecule has 6 nitrogen and oxygen atoms in total. The molecule has 3 rings (SSSR count). The highest BCUT2D eigenvalue weighted by Crippen LogP contribution is 2.36. The molecule has 0 spiro atoms. The lowest BCUT2D eigenvalue weighted by molar-refractivity contribution is -0.121. The molecule has 1 saturated carbocycles. The summed E-state index contributed by atoms with van der Waals surface area (Å²) in [5.74, 6) is 2.55. The first-order valence-electron chi connectivity index (χ1n) is 9.61. The van der Waals surface area contributed by atoms with Gasteiger partial charge in [-0.1, -0.05) is 12.8 Å². The van der Waals surface area contributed by atoms with E-state index in [0.29, 0.717) is 25.1 Å². The summed E-state index contributed by atoms with van der Waals surface area (Å²) >= 11 is 2.03. The summed E-state index contributed by atoms with van der Waals surface area (Å²) in [7, 11) is 0. The molecular weight excluding hydrogens is 350 g/mol. The molecule has 0 bridgehead atoms. The van der Waals surface area contributed by atoms with Crippen molar-refractivity contribution in [3.63, 3.8) is 0 Å². The highest BCUT2D eigenvalue weighted by atomic mass is 32.2. The SMILES string of the molecule is O=C(CCCNC(=O)c1ccco1)NCC1(N2CCSCC2)CCCC1. The fraction of sp³-hybridized carbons (Fsp3) is 0.684. The Kier molecular flexibility index (Phi) is 7.02. The molecule has 1 aromatic rings. The van der Waals surface area contributed by atoms with Crippen molar-refractivity contribution in [2.24, 2.45) is 0 Å². The molecule has 1 aromatic heterocycles. The first-order chi connectivity index (χ1) is 12.7. The van der Waals surface area contributed by atoms with Gasteiger partial charge in [0.15, 0.2) is 5.76 Å². The highest BCUT2D eigenvalue weighted by Gasteiger charge is 2.40. The summed E-state index contributed by atoms with van der Waals surface area (Å²) in [6.45, 7) is 3.51. The number of nitrogens with zero attached hydrogens (tertiary/aromatic N) is 1. The van der Waals surface area contributed by atoms with Gasteiger partial charge in [0, 0.05) is 49.6 Å². The van der Waals surface area contributed by atoms with Crippen LogP contribution in [0, 0.1) is 0 Å². The minimum absolute atomic E-state index is 0.0786. The summed E-state index contributed by atoms with van der Waals surface area (Å²) < 4.78 is 5.04. The fourth-order valence-electron chi connectivity index (χ4n) is 3.97. The van der Waals surface area contributed by atoms with E-state index in [9.17, 15) is 9.59 Å². The molecule has 26 heavy (non-hydrogen) atoms. The average molecular weight is 380 g/mol. The first-order valence-corrected chi connectivity index (χ1v) is 10.8. The second-order valence-electron chi connectivity index (χ2n) is 7.14. The van der Waals surface area contributed by atoms with Crippen LogP contribution in [0.25, 0.3) is 0 Å². The van der Waals surface area contributed by atoms with E-state index in [1.807, 2.05) is 11.8 Å². The normalized spacial score (nSPS) is 20.0. The molecule has 1 aliphatic carbocycles. The molecule has 0 unspecified atom stereocenters. The van der Waals surface area contributed by atoms with Crippen LogP contribution in [-0.2, 0) is 4.79 Å². The maximum atomic E-state index is 12.2. The quantitative estimate of drug-likeness (QED) is 0.678. The van der Waals surface area contributed by atoms with Gasteiger partial charge < -0.3 is 15.1 Å². The third-order valence-electron chi connectivity index (χ3n) is 5.44. The van der Waals surface area contributed by atoms with Crippen molar-refractivity contribution in [3.8, 4) is 0 Å². The van der Waals surface area contributed by atoms with Gasteiger partial charge >= 0.3 is 0 Å². The Labute approximate surface area is 159 Å². The van der Waals surface area contributed by atoms with E-state index < -0.39 is 0 Å². The monoisotopic (exact) mass is 379 g/mol. The molecule has 0 atom stereocenters. The summed E-state index contributed by atoms with van der Waals surface area (Å²) in [4.78, 5) is 26.6. The maximum Gasteiger partial charge on any atom is 0.286 e. The maximum absolute atomic E-state index is 12.2. The Hall–Kier alpha value is -1.47. The van der Waals surface area contributed by atoms with Crippen LogP contribution >= 0.6 is 11.8 Å². The van der Waals surface area contributed by atoms with E-state index in [2.05, 4.69) is 15.5 Å². The van der Waals surface area contributed by atoms with Gasteiger partial charge in [0.05, 0.1) is 6.26 Å². The van der Waals surface area contributed by atoms with Crippen molar-refractivity contribution >= 4 is 23.6 Å². The third-order valence-corrected chi connectivity index (χ3v) is 6.38. The van der Waals surface area contributed by atoms with Gasteiger partial charge in [0.1, 0.15) is 0 Å². The number of nitrogens with one attached hydrogen (secondary N) is 2. The Morgan fingerprint density at radius 1 is 1.19 bits per heavy atom. The van der Waals surface area contributed by atoms with E-state index in [1.54, 1.807) is 12.1 Å². The smallest absolute Gasteiger partial charge is 0.286 e. The Morgan fingerprint density at radius 2 is 1.96 bits per heavy atom. The first kappa shape index (κ1) is 19.3. The van der Waals surface area contributed by atoms with Crippen molar-refractivity contribution < 1.29 is 14.0 Å². The van der Waals surface area contributed by atoms with Crippen molar-refractivity contribution in [1.29, 1.82) is 0 Å². The van der Waals surface area contributed by atoms with Crippen LogP contribution in [0.3, 0.4) is 0 Å². The summed E-state index contributed by atoms with van der Waals surface area (Å²) in [6.07, 6.45) is 7.45. The molecule has 2 fully saturated rings. The molecule has 2 heterocycles. The van der Waals surface area contributed by atoms with E-state index in [0.717, 1.165) is 19.6 Å². The minimum Gasteiger partial charge on any atom is -0.459 e. The number of rotatable bonds is 8. The van der Waals surface area contributed by atoms with E-state index in [4.69, 9.17) is 4.42 Å². The van der Waals surface area contributed by atoms with Crippen molar-refractivity contribution in [2.45, 2.75) is 44.1 Å². The number of amides is 2. The molecule has 1 aliphatic heterocycles. The zero-order valence-corrected chi connectivity index (χ0v) is 16.1. The van der Waals surface area contributed by atoms with Crippen LogP contribution in [0.1, 0.15) is 49.1 Å². The van der Waals surface area contributed by atoms with Crippen LogP contribution in [0.15, 0.2) is 22.8 Å². The minimum atomic E-state index is -0.233. The van der Waals surface area contributed by atoms with Crippen LogP contribution in [0.5, 0.6) is 0 Å². The summed E-state index contributed by atoms with van der Waals surface area (Å²) in [5.41, 5.74) is 0.171. The van der Waals surface area contributed by atoms with Gasteiger partial charge in [-0.05, 0) is 31.4 Å². The number of carbonyl (C=O) groups excluding carboxylic acids is 2. The predicted octanol–water partition coefficient (Wildman–Crippen LogP) is 2.27. The van der Waals surface area contributed by atoms with E-state index in [1.165, 1.54) is 43.5 Å². The van der Waals surface area contributed by atoms with Crippen LogP contribution in [0.4, 0.5) is 0 Å². The molecule has 144 valence electrons. The van der Waals surface area contributed by atoms with Gasteiger partial charge in [0.25, 0.3) is 5.91 Å². The summed E-state index contributed by atoms with van der Waals surface area (Å²) in [5, 5.41) is 5.93. The molecule has 0 aromatic carbocycles. The second-order valence-corrected chi connectivity index (χ2v) is 8.37. The Morgan fingerprint density at radius 3 is 2.65 bits per heavy atom. The highest BCUT2D eigenvalue weighted by molar-refractivity contribution is 7.99. The lowest BCUT2D eigenvalue weighted by Crippen LogP contribution is -2.56. The number of hydrogen-bond donors (Lipinski definition) is 2. The second kappa shape index (κ2) is 9.46. The zero-order valence-electron chi connectivity index (χ0n) is 15.3. The van der Waals surface area contributed by atoms with Crippen molar-refractivity contribution in [2.75, 3.05) is 37.7 Å². The van der Waals surface area contributed by atoms with Crippen LogP contribution in [0.2, 0.25) is 0 Å². The largest absolute Gasteiger partial charge is 0.459 e. The topological polar surface area (TPSA) is 74.6 Å². The van der Waals surface area contributed by atoms with Crippen molar-refractivity contribution in [1.82, 2.24) is 15.5 Å². The van der Waals surface area contributed by atoms with Crippen LogP contribution in [-0.4, -0.2) is 59.9 Å². The zero-order chi connectivity index (χ0) is 18.2. The van der Waals surface area contributed by atoms with E-state index >= 15 is 0 Å². The number of carbonyl (C=O) groups is 2. The van der Waals surface area contributed by atoms with Gasteiger partial charge in [-0.3, -0.25) is 14.5 Å². The van der Waals surface area contributed by atoms with E-state index in [-0.39, 0.29) is 17.4 Å². The molecule has 2 aliphatic rings. The molecule has 7 heteroatoms. The number of hydrogen-bond acceptors (Lipinski definition) is 5. The van der Waals surface area contributed by atoms with Crippen LogP contribution < -0.4 is 10.6 Å². The molecule has 1 saturated heterocycles. The summed E-state index contributed by atoms with van der Waals surface area (Å²) in [6, 6.07) is 3.31. The van der Waals surface area contributed by atoms with Crippen molar-refractivity contribution in [3.05, 3.63) is 24.2 Å². The molecular formula is C19H29N3O3S.